The third-order valence-electron chi connectivity index (χ3n) is 6.20. The topological polar surface area (TPSA) is 114 Å². The minimum Gasteiger partial charge on any atom is -0.480 e. The van der Waals surface area contributed by atoms with Gasteiger partial charge in [0.05, 0.1) is 13.1 Å². The molecule has 1 aromatic rings. The fourth-order valence-electron chi connectivity index (χ4n) is 4.22. The Balaban J connectivity index is 2.32. The molecule has 9 nitrogen and oxygen atoms in total. The van der Waals surface area contributed by atoms with E-state index in [2.05, 4.69) is 23.6 Å². The zero-order valence-corrected chi connectivity index (χ0v) is 19.4. The van der Waals surface area contributed by atoms with Gasteiger partial charge in [0.1, 0.15) is 0 Å². The molecule has 4 N–H and O–H groups in total. The van der Waals surface area contributed by atoms with Crippen molar-refractivity contribution in [2.24, 2.45) is 0 Å². The summed E-state index contributed by atoms with van der Waals surface area (Å²) in [5, 5.41) is 19.1. The van der Waals surface area contributed by atoms with Crippen LogP contribution in [0, 0.1) is 0 Å². The monoisotopic (exact) mass is 449 g/mol. The molecule has 1 saturated heterocycles. The molecular weight excluding hydrogens is 410 g/mol. The molecule has 0 spiro atoms. The van der Waals surface area contributed by atoms with Crippen molar-refractivity contribution in [2.75, 3.05) is 77.7 Å². The molecule has 1 aliphatic rings. The highest BCUT2D eigenvalue weighted by Crippen LogP contribution is 2.14. The molecule has 1 atom stereocenters. The summed E-state index contributed by atoms with van der Waals surface area (Å²) in [7, 11) is 0. The second-order valence-electron chi connectivity index (χ2n) is 8.46. The molecule has 1 aromatic carbocycles. The molecule has 9 heteroatoms. The predicted molar refractivity (Wildman–Crippen MR) is 126 cm³/mol. The Morgan fingerprint density at radius 2 is 1.34 bits per heavy atom. The average Bonchev–Trinajstić information content (AvgIpc) is 2.74. The van der Waals surface area contributed by atoms with Crippen molar-refractivity contribution in [1.82, 2.24) is 19.6 Å². The number of benzene rings is 1. The van der Waals surface area contributed by atoms with E-state index in [9.17, 15) is 19.8 Å². The zero-order chi connectivity index (χ0) is 23.5. The van der Waals surface area contributed by atoms with Crippen LogP contribution in [0.5, 0.6) is 0 Å². The maximum atomic E-state index is 11.7. The number of anilines is 1. The van der Waals surface area contributed by atoms with Crippen molar-refractivity contribution in [1.29, 1.82) is 0 Å². The summed E-state index contributed by atoms with van der Waals surface area (Å²) in [6.07, 6.45) is 0.632. The first-order valence-corrected chi connectivity index (χ1v) is 11.5. The third kappa shape index (κ3) is 9.12. The number of carboxylic acids is 2. The number of rotatable bonds is 8. The van der Waals surface area contributed by atoms with Gasteiger partial charge >= 0.3 is 11.9 Å². The molecular formula is C23H39N5O4. The summed E-state index contributed by atoms with van der Waals surface area (Å²) in [4.78, 5) is 31.9. The van der Waals surface area contributed by atoms with Crippen LogP contribution in [0.25, 0.3) is 0 Å². The number of nitrogen functional groups attached to an aromatic ring is 1. The Hall–Kier alpha value is -2.20. The lowest BCUT2D eigenvalue weighted by Crippen LogP contribution is -2.52. The van der Waals surface area contributed by atoms with Crippen LogP contribution in [0.3, 0.4) is 0 Å². The summed E-state index contributed by atoms with van der Waals surface area (Å²) < 4.78 is 0. The van der Waals surface area contributed by atoms with Crippen LogP contribution in [0.1, 0.15) is 19.4 Å². The van der Waals surface area contributed by atoms with Gasteiger partial charge in [-0.25, -0.2) is 0 Å². The summed E-state index contributed by atoms with van der Waals surface area (Å²) in [6, 6.07) is 7.49. The third-order valence-corrected chi connectivity index (χ3v) is 6.20. The fourth-order valence-corrected chi connectivity index (χ4v) is 4.22. The maximum absolute atomic E-state index is 11.7. The molecule has 0 radical (unpaired) electrons. The number of aliphatic carboxylic acids is 2. The van der Waals surface area contributed by atoms with Crippen molar-refractivity contribution in [3.8, 4) is 0 Å². The molecule has 0 amide bonds. The second-order valence-corrected chi connectivity index (χ2v) is 8.46. The smallest absolute Gasteiger partial charge is 0.317 e. The van der Waals surface area contributed by atoms with Crippen LogP contribution in [-0.4, -0.2) is 120 Å². The quantitative estimate of drug-likeness (QED) is 0.491. The Kier molecular flexibility index (Phi) is 10.9. The van der Waals surface area contributed by atoms with Crippen LogP contribution in [0.2, 0.25) is 0 Å². The first-order valence-electron chi connectivity index (χ1n) is 11.5. The highest BCUT2D eigenvalue weighted by Gasteiger charge is 2.26. The van der Waals surface area contributed by atoms with E-state index in [-0.39, 0.29) is 19.1 Å². The normalized spacial score (nSPS) is 21.0. The Morgan fingerprint density at radius 3 is 1.84 bits per heavy atom. The lowest BCUT2D eigenvalue weighted by atomic mass is 10.0. The number of nitrogens with zero attached hydrogens (tertiary/aromatic N) is 4. The van der Waals surface area contributed by atoms with Crippen LogP contribution >= 0.6 is 0 Å². The van der Waals surface area contributed by atoms with Gasteiger partial charge in [-0.1, -0.05) is 26.0 Å². The van der Waals surface area contributed by atoms with Crippen molar-refractivity contribution in [3.05, 3.63) is 29.8 Å². The van der Waals surface area contributed by atoms with E-state index in [1.807, 2.05) is 34.1 Å². The second kappa shape index (κ2) is 13.4. The van der Waals surface area contributed by atoms with E-state index in [0.717, 1.165) is 44.8 Å². The van der Waals surface area contributed by atoms with Crippen LogP contribution in [0.4, 0.5) is 5.69 Å². The van der Waals surface area contributed by atoms with Crippen molar-refractivity contribution in [2.45, 2.75) is 26.3 Å². The van der Waals surface area contributed by atoms with Gasteiger partial charge < -0.3 is 25.7 Å². The Bertz CT molecular complexity index is 715. The van der Waals surface area contributed by atoms with E-state index in [1.165, 1.54) is 0 Å². The number of carbonyl (C=O) groups is 2. The molecule has 1 heterocycles. The summed E-state index contributed by atoms with van der Waals surface area (Å²) >= 11 is 0. The summed E-state index contributed by atoms with van der Waals surface area (Å²) in [5.74, 6) is -1.74. The standard InChI is InChI=1S/C23H39N5O4/c1-3-25-9-10-26(4-2)13-14-28(18-23(31)32)21(15-19-5-7-20(24)8-6-19)16-27(12-11-25)17-22(29)30/h5-8,21H,3-4,9-18,24H2,1-2H3,(H,29,30)(H,31,32). The first kappa shape index (κ1) is 26.1. The highest BCUT2D eigenvalue weighted by molar-refractivity contribution is 5.69. The molecule has 1 unspecified atom stereocenters. The zero-order valence-electron chi connectivity index (χ0n) is 19.4. The summed E-state index contributed by atoms with van der Waals surface area (Å²) in [5.41, 5.74) is 7.57. The average molecular weight is 450 g/mol. The van der Waals surface area contributed by atoms with E-state index >= 15 is 0 Å². The number of hydrogen-bond acceptors (Lipinski definition) is 7. The van der Waals surface area contributed by atoms with Gasteiger partial charge in [-0.2, -0.15) is 0 Å². The fraction of sp³-hybridized carbons (Fsp3) is 0.652. The van der Waals surface area contributed by atoms with Gasteiger partial charge in [-0.3, -0.25) is 19.4 Å². The van der Waals surface area contributed by atoms with E-state index < -0.39 is 11.9 Å². The number of nitrogens with two attached hydrogens (primary N) is 1. The molecule has 0 aromatic heterocycles. The Labute approximate surface area is 191 Å². The first-order chi connectivity index (χ1) is 15.3. The van der Waals surface area contributed by atoms with Gasteiger partial charge in [0, 0.05) is 57.5 Å². The van der Waals surface area contributed by atoms with Gasteiger partial charge in [0.2, 0.25) is 0 Å². The van der Waals surface area contributed by atoms with Crippen molar-refractivity contribution >= 4 is 17.6 Å². The van der Waals surface area contributed by atoms with Crippen LogP contribution in [0.15, 0.2) is 24.3 Å². The lowest BCUT2D eigenvalue weighted by molar-refractivity contribution is -0.141. The van der Waals surface area contributed by atoms with E-state index in [0.29, 0.717) is 31.7 Å². The molecule has 32 heavy (non-hydrogen) atoms. The molecule has 0 aliphatic carbocycles. The molecule has 1 aliphatic heterocycles. The van der Waals surface area contributed by atoms with E-state index in [1.54, 1.807) is 0 Å². The molecule has 180 valence electrons. The molecule has 0 bridgehead atoms. The largest absolute Gasteiger partial charge is 0.480 e. The SMILES string of the molecule is CCN1CCN(CC)CCN(CC(=O)O)C(Cc2ccc(N)cc2)CN(CC(=O)O)CC1. The number of carboxylic acid groups (broad SMARTS) is 2. The van der Waals surface area contributed by atoms with Crippen molar-refractivity contribution < 1.29 is 19.8 Å². The van der Waals surface area contributed by atoms with E-state index in [4.69, 9.17) is 5.73 Å². The van der Waals surface area contributed by atoms with Crippen molar-refractivity contribution in [3.63, 3.8) is 0 Å². The Morgan fingerprint density at radius 1 is 0.844 bits per heavy atom. The summed E-state index contributed by atoms with van der Waals surface area (Å²) in [6.45, 7) is 11.1. The predicted octanol–water partition coefficient (Wildman–Crippen LogP) is 0.611. The molecule has 1 fully saturated rings. The molecule has 0 saturated carbocycles. The minimum absolute atomic E-state index is 0.0577. The van der Waals surface area contributed by atoms with Gasteiger partial charge in [-0.15, -0.1) is 0 Å². The maximum Gasteiger partial charge on any atom is 0.317 e. The minimum atomic E-state index is -0.871. The van der Waals surface area contributed by atoms with Crippen LogP contribution in [-0.2, 0) is 16.0 Å². The van der Waals surface area contributed by atoms with Gasteiger partial charge in [0.25, 0.3) is 0 Å². The van der Waals surface area contributed by atoms with Crippen LogP contribution < -0.4 is 5.73 Å². The highest BCUT2D eigenvalue weighted by atomic mass is 16.4. The van der Waals surface area contributed by atoms with Gasteiger partial charge in [-0.05, 0) is 37.2 Å². The number of likely N-dealkylation sites (N-methyl/N-ethyl adjacent to an activating group) is 2. The number of hydrogen-bond donors (Lipinski definition) is 3. The van der Waals surface area contributed by atoms with Gasteiger partial charge in [0.15, 0.2) is 0 Å². The lowest BCUT2D eigenvalue weighted by Gasteiger charge is -2.37. The molecule has 2 rings (SSSR count).